The molecule has 0 bridgehead atoms. The third-order valence-electron chi connectivity index (χ3n) is 4.98. The number of imidazole rings is 1. The standard InChI is InChI=1S/C19H22N2S/c1-14-7-2-4-10-17(14)21-18-11-5-3-9-16(18)20-19(21)13-15-8-6-12-22-15/h3,5-6,8-9,11-12,14,17H,2,4,7,10,13H2,1H3. The summed E-state index contributed by atoms with van der Waals surface area (Å²) in [7, 11) is 0. The number of benzene rings is 1. The molecule has 2 nitrogen and oxygen atoms in total. The number of aromatic nitrogens is 2. The van der Waals surface area contributed by atoms with Gasteiger partial charge in [-0.1, -0.05) is 38.0 Å². The second-order valence-corrected chi connectivity index (χ2v) is 7.50. The van der Waals surface area contributed by atoms with E-state index in [-0.39, 0.29) is 0 Å². The Morgan fingerprint density at radius 1 is 1.14 bits per heavy atom. The van der Waals surface area contributed by atoms with Gasteiger partial charge in [0, 0.05) is 17.3 Å². The van der Waals surface area contributed by atoms with Crippen molar-refractivity contribution in [1.29, 1.82) is 0 Å². The van der Waals surface area contributed by atoms with Crippen LogP contribution in [0.3, 0.4) is 0 Å². The molecule has 4 rings (SSSR count). The van der Waals surface area contributed by atoms with Gasteiger partial charge in [0.15, 0.2) is 0 Å². The lowest BCUT2D eigenvalue weighted by molar-refractivity contribution is 0.258. The van der Waals surface area contributed by atoms with E-state index in [1.807, 2.05) is 11.3 Å². The van der Waals surface area contributed by atoms with Gasteiger partial charge in [0.1, 0.15) is 5.82 Å². The Balaban J connectivity index is 1.82. The van der Waals surface area contributed by atoms with Crippen molar-refractivity contribution < 1.29 is 0 Å². The van der Waals surface area contributed by atoms with Crippen LogP contribution in [0, 0.1) is 5.92 Å². The van der Waals surface area contributed by atoms with E-state index in [1.54, 1.807) is 0 Å². The van der Waals surface area contributed by atoms with Crippen molar-refractivity contribution in [3.05, 3.63) is 52.5 Å². The van der Waals surface area contributed by atoms with E-state index in [0.29, 0.717) is 6.04 Å². The van der Waals surface area contributed by atoms with Crippen LogP contribution in [0.1, 0.15) is 49.4 Å². The average Bonchev–Trinajstić information content (AvgIpc) is 3.16. The van der Waals surface area contributed by atoms with Crippen molar-refractivity contribution in [2.45, 2.75) is 45.1 Å². The second-order valence-electron chi connectivity index (χ2n) is 6.47. The monoisotopic (exact) mass is 310 g/mol. The maximum Gasteiger partial charge on any atom is 0.115 e. The molecule has 22 heavy (non-hydrogen) atoms. The summed E-state index contributed by atoms with van der Waals surface area (Å²) < 4.78 is 2.55. The molecule has 2 heterocycles. The summed E-state index contributed by atoms with van der Waals surface area (Å²) in [5.41, 5.74) is 2.46. The highest BCUT2D eigenvalue weighted by molar-refractivity contribution is 7.09. The first-order chi connectivity index (χ1) is 10.8. The van der Waals surface area contributed by atoms with Crippen LogP contribution in [0.15, 0.2) is 41.8 Å². The normalized spacial score (nSPS) is 22.2. The van der Waals surface area contributed by atoms with Crippen molar-refractivity contribution in [2.24, 2.45) is 5.92 Å². The van der Waals surface area contributed by atoms with Crippen molar-refractivity contribution >= 4 is 22.4 Å². The van der Waals surface area contributed by atoms with Gasteiger partial charge >= 0.3 is 0 Å². The van der Waals surface area contributed by atoms with E-state index in [1.165, 1.54) is 41.9 Å². The van der Waals surface area contributed by atoms with Crippen LogP contribution in [0.5, 0.6) is 0 Å². The van der Waals surface area contributed by atoms with Gasteiger partial charge in [-0.15, -0.1) is 11.3 Å². The zero-order valence-corrected chi connectivity index (χ0v) is 13.9. The molecule has 2 aromatic heterocycles. The molecule has 0 aliphatic heterocycles. The molecule has 0 radical (unpaired) electrons. The number of hydrogen-bond acceptors (Lipinski definition) is 2. The number of para-hydroxylation sites is 2. The molecule has 0 spiro atoms. The van der Waals surface area contributed by atoms with E-state index in [2.05, 4.69) is 53.3 Å². The molecule has 1 aliphatic rings. The summed E-state index contributed by atoms with van der Waals surface area (Å²) in [6, 6.07) is 13.6. The molecule has 0 amide bonds. The summed E-state index contributed by atoms with van der Waals surface area (Å²) in [6.45, 7) is 2.41. The number of nitrogens with zero attached hydrogens (tertiary/aromatic N) is 2. The highest BCUT2D eigenvalue weighted by Crippen LogP contribution is 2.37. The minimum absolute atomic E-state index is 0.608. The molecule has 2 unspecified atom stereocenters. The maximum atomic E-state index is 4.97. The molecule has 0 saturated heterocycles. The molecule has 3 aromatic rings. The summed E-state index contributed by atoms with van der Waals surface area (Å²) in [5, 5.41) is 2.16. The Labute approximate surface area is 135 Å². The van der Waals surface area contributed by atoms with E-state index < -0.39 is 0 Å². The van der Waals surface area contributed by atoms with Crippen LogP contribution in [0.2, 0.25) is 0 Å². The first kappa shape index (κ1) is 14.0. The van der Waals surface area contributed by atoms with Crippen molar-refractivity contribution in [2.75, 3.05) is 0 Å². The van der Waals surface area contributed by atoms with E-state index in [0.717, 1.165) is 17.9 Å². The highest BCUT2D eigenvalue weighted by Gasteiger charge is 2.26. The fourth-order valence-electron chi connectivity index (χ4n) is 3.84. The average molecular weight is 310 g/mol. The topological polar surface area (TPSA) is 17.8 Å². The van der Waals surface area contributed by atoms with E-state index in [9.17, 15) is 0 Å². The van der Waals surface area contributed by atoms with Gasteiger partial charge in [-0.25, -0.2) is 4.98 Å². The first-order valence-electron chi connectivity index (χ1n) is 8.31. The Hall–Kier alpha value is -1.61. The van der Waals surface area contributed by atoms with Crippen LogP contribution >= 0.6 is 11.3 Å². The SMILES string of the molecule is CC1CCCCC1n1c(Cc2cccs2)nc2ccccc21. The Morgan fingerprint density at radius 2 is 2.00 bits per heavy atom. The van der Waals surface area contributed by atoms with Crippen LogP contribution in [-0.4, -0.2) is 9.55 Å². The minimum Gasteiger partial charge on any atom is -0.324 e. The summed E-state index contributed by atoms with van der Waals surface area (Å²) in [6.07, 6.45) is 6.31. The van der Waals surface area contributed by atoms with Gasteiger partial charge in [0.2, 0.25) is 0 Å². The molecular weight excluding hydrogens is 288 g/mol. The minimum atomic E-state index is 0.608. The number of rotatable bonds is 3. The van der Waals surface area contributed by atoms with Crippen molar-refractivity contribution in [1.82, 2.24) is 9.55 Å². The molecule has 114 valence electrons. The predicted molar refractivity (Wildman–Crippen MR) is 93.5 cm³/mol. The van der Waals surface area contributed by atoms with Gasteiger partial charge in [-0.05, 0) is 42.3 Å². The van der Waals surface area contributed by atoms with Gasteiger partial charge in [-0.2, -0.15) is 0 Å². The molecule has 1 fully saturated rings. The Bertz CT molecular complexity index is 757. The Morgan fingerprint density at radius 3 is 2.82 bits per heavy atom. The third kappa shape index (κ3) is 2.48. The predicted octanol–water partition coefficient (Wildman–Crippen LogP) is 5.44. The molecular formula is C19H22N2S. The van der Waals surface area contributed by atoms with Crippen LogP contribution in [-0.2, 0) is 6.42 Å². The van der Waals surface area contributed by atoms with Gasteiger partial charge in [0.05, 0.1) is 11.0 Å². The van der Waals surface area contributed by atoms with E-state index in [4.69, 9.17) is 4.98 Å². The van der Waals surface area contributed by atoms with Gasteiger partial charge in [0.25, 0.3) is 0 Å². The lowest BCUT2D eigenvalue weighted by Crippen LogP contribution is -2.22. The summed E-state index contributed by atoms with van der Waals surface area (Å²) in [4.78, 5) is 6.37. The highest BCUT2D eigenvalue weighted by atomic mass is 32.1. The zero-order chi connectivity index (χ0) is 14.9. The summed E-state index contributed by atoms with van der Waals surface area (Å²) >= 11 is 1.83. The maximum absolute atomic E-state index is 4.97. The lowest BCUT2D eigenvalue weighted by Gasteiger charge is -2.31. The molecule has 1 saturated carbocycles. The van der Waals surface area contributed by atoms with Crippen LogP contribution < -0.4 is 0 Å². The van der Waals surface area contributed by atoms with E-state index >= 15 is 0 Å². The molecule has 0 N–H and O–H groups in total. The van der Waals surface area contributed by atoms with Crippen molar-refractivity contribution in [3.8, 4) is 0 Å². The number of thiophene rings is 1. The van der Waals surface area contributed by atoms with Crippen LogP contribution in [0.4, 0.5) is 0 Å². The largest absolute Gasteiger partial charge is 0.324 e. The molecule has 3 heteroatoms. The number of fused-ring (bicyclic) bond motifs is 1. The van der Waals surface area contributed by atoms with Crippen molar-refractivity contribution in [3.63, 3.8) is 0 Å². The van der Waals surface area contributed by atoms with Crippen LogP contribution in [0.25, 0.3) is 11.0 Å². The molecule has 1 aliphatic carbocycles. The van der Waals surface area contributed by atoms with Gasteiger partial charge < -0.3 is 4.57 Å². The quantitative estimate of drug-likeness (QED) is 0.630. The number of hydrogen-bond donors (Lipinski definition) is 0. The fourth-order valence-corrected chi connectivity index (χ4v) is 4.54. The summed E-state index contributed by atoms with van der Waals surface area (Å²) in [5.74, 6) is 1.98. The Kier molecular flexibility index (Phi) is 3.75. The van der Waals surface area contributed by atoms with Gasteiger partial charge in [-0.3, -0.25) is 0 Å². The fraction of sp³-hybridized carbons (Fsp3) is 0.421. The first-order valence-corrected chi connectivity index (χ1v) is 9.19. The molecule has 2 atom stereocenters. The molecule has 1 aromatic carbocycles. The lowest BCUT2D eigenvalue weighted by atomic mass is 9.85. The second kappa shape index (κ2) is 5.88. The zero-order valence-electron chi connectivity index (χ0n) is 13.0. The third-order valence-corrected chi connectivity index (χ3v) is 5.86. The smallest absolute Gasteiger partial charge is 0.115 e.